The molecule has 1 heterocycles. The Bertz CT molecular complexity index is 536. The molecule has 0 aromatic carbocycles. The van der Waals surface area contributed by atoms with Crippen molar-refractivity contribution in [3.63, 3.8) is 0 Å². The third kappa shape index (κ3) is 2.79. The fourth-order valence-corrected chi connectivity index (χ4v) is 2.33. The molecular weight excluding hydrogens is 264 g/mol. The van der Waals surface area contributed by atoms with Crippen molar-refractivity contribution in [2.24, 2.45) is 0 Å². The summed E-state index contributed by atoms with van der Waals surface area (Å²) < 4.78 is 1.36. The number of aromatic nitrogens is 2. The maximum absolute atomic E-state index is 12.2. The minimum Gasteiger partial charge on any atom is -0.395 e. The molecule has 20 heavy (non-hydrogen) atoms. The lowest BCUT2D eigenvalue weighted by molar-refractivity contribution is -0.386. The highest BCUT2D eigenvalue weighted by molar-refractivity contribution is 5.76. The molecule has 2 rings (SSSR count). The molecule has 1 saturated carbocycles. The SMILES string of the molecule is Cc1nn(CC(=O)N(CCO)C2CC2)c(C)c1[N+](=O)[O-]. The van der Waals surface area contributed by atoms with Crippen LogP contribution in [0.3, 0.4) is 0 Å². The van der Waals surface area contributed by atoms with Gasteiger partial charge in [-0.2, -0.15) is 5.10 Å². The first-order chi connectivity index (χ1) is 9.45. The van der Waals surface area contributed by atoms with Crippen LogP contribution in [-0.2, 0) is 11.3 Å². The molecule has 1 aliphatic carbocycles. The van der Waals surface area contributed by atoms with Gasteiger partial charge in [-0.25, -0.2) is 0 Å². The molecule has 1 aromatic heterocycles. The first-order valence-electron chi connectivity index (χ1n) is 6.54. The Kier molecular flexibility index (Phi) is 4.03. The van der Waals surface area contributed by atoms with Crippen molar-refractivity contribution in [2.45, 2.75) is 39.3 Å². The largest absolute Gasteiger partial charge is 0.395 e. The van der Waals surface area contributed by atoms with Crippen LogP contribution in [-0.4, -0.2) is 49.8 Å². The van der Waals surface area contributed by atoms with Gasteiger partial charge in [0.25, 0.3) is 0 Å². The smallest absolute Gasteiger partial charge is 0.312 e. The van der Waals surface area contributed by atoms with E-state index in [0.717, 1.165) is 12.8 Å². The lowest BCUT2D eigenvalue weighted by Gasteiger charge is -2.21. The maximum Gasteiger partial charge on any atom is 0.312 e. The predicted molar refractivity (Wildman–Crippen MR) is 70.2 cm³/mol. The van der Waals surface area contributed by atoms with E-state index in [-0.39, 0.29) is 30.8 Å². The van der Waals surface area contributed by atoms with Crippen LogP contribution in [0.2, 0.25) is 0 Å². The highest BCUT2D eigenvalue weighted by atomic mass is 16.6. The van der Waals surface area contributed by atoms with Crippen LogP contribution in [0, 0.1) is 24.0 Å². The summed E-state index contributed by atoms with van der Waals surface area (Å²) >= 11 is 0. The quantitative estimate of drug-likeness (QED) is 0.600. The number of carbonyl (C=O) groups excluding carboxylic acids is 1. The number of nitrogens with zero attached hydrogens (tertiary/aromatic N) is 4. The molecule has 0 bridgehead atoms. The monoisotopic (exact) mass is 282 g/mol. The zero-order valence-corrected chi connectivity index (χ0v) is 11.6. The highest BCUT2D eigenvalue weighted by Gasteiger charge is 2.33. The van der Waals surface area contributed by atoms with Crippen LogP contribution in [0.5, 0.6) is 0 Å². The van der Waals surface area contributed by atoms with Crippen LogP contribution in [0.1, 0.15) is 24.2 Å². The normalized spacial score (nSPS) is 14.3. The number of aliphatic hydroxyl groups excluding tert-OH is 1. The summed E-state index contributed by atoms with van der Waals surface area (Å²) in [6, 6.07) is 0.196. The van der Waals surface area contributed by atoms with Crippen LogP contribution in [0.25, 0.3) is 0 Å². The summed E-state index contributed by atoms with van der Waals surface area (Å²) in [5, 5.41) is 24.0. The van der Waals surface area contributed by atoms with Gasteiger partial charge in [-0.3, -0.25) is 19.6 Å². The summed E-state index contributed by atoms with van der Waals surface area (Å²) in [4.78, 5) is 24.3. The minimum absolute atomic E-state index is 0.0307. The number of rotatable bonds is 6. The Hall–Kier alpha value is -1.96. The standard InChI is InChI=1S/C12H18N4O4/c1-8-12(16(19)20)9(2)15(13-8)7-11(18)14(5-6-17)10-3-4-10/h10,17H,3-7H2,1-2H3. The van der Waals surface area contributed by atoms with Gasteiger partial charge in [0, 0.05) is 12.6 Å². The molecule has 1 fully saturated rings. The Morgan fingerprint density at radius 2 is 2.20 bits per heavy atom. The number of carbonyl (C=O) groups is 1. The van der Waals surface area contributed by atoms with Gasteiger partial charge < -0.3 is 10.0 Å². The molecule has 0 unspecified atom stereocenters. The van der Waals surface area contributed by atoms with Crippen molar-refractivity contribution in [1.29, 1.82) is 0 Å². The predicted octanol–water partition coefficient (Wildman–Crippen LogP) is 0.391. The highest BCUT2D eigenvalue weighted by Crippen LogP contribution is 2.27. The second-order valence-corrected chi connectivity index (χ2v) is 4.98. The van der Waals surface area contributed by atoms with E-state index in [1.54, 1.807) is 18.7 Å². The fourth-order valence-electron chi connectivity index (χ4n) is 2.33. The topological polar surface area (TPSA) is 102 Å². The van der Waals surface area contributed by atoms with Crippen LogP contribution in [0.4, 0.5) is 5.69 Å². The summed E-state index contributed by atoms with van der Waals surface area (Å²) in [7, 11) is 0. The van der Waals surface area contributed by atoms with E-state index in [2.05, 4.69) is 5.10 Å². The second-order valence-electron chi connectivity index (χ2n) is 4.98. The third-order valence-corrected chi connectivity index (χ3v) is 3.46. The van der Waals surface area contributed by atoms with Crippen molar-refractivity contribution in [1.82, 2.24) is 14.7 Å². The van der Waals surface area contributed by atoms with Gasteiger partial charge >= 0.3 is 5.69 Å². The number of aryl methyl sites for hydroxylation is 1. The zero-order valence-electron chi connectivity index (χ0n) is 11.6. The first kappa shape index (κ1) is 14.4. The van der Waals surface area contributed by atoms with Gasteiger partial charge in [-0.05, 0) is 26.7 Å². The van der Waals surface area contributed by atoms with E-state index in [9.17, 15) is 14.9 Å². The molecule has 8 heteroatoms. The van der Waals surface area contributed by atoms with Crippen molar-refractivity contribution in [2.75, 3.05) is 13.2 Å². The molecule has 1 aliphatic rings. The van der Waals surface area contributed by atoms with Crippen molar-refractivity contribution < 1.29 is 14.8 Å². The summed E-state index contributed by atoms with van der Waals surface area (Å²) in [5.74, 6) is -0.165. The first-order valence-corrected chi connectivity index (χ1v) is 6.54. The molecule has 1 aromatic rings. The number of hydrogen-bond acceptors (Lipinski definition) is 5. The van der Waals surface area contributed by atoms with Crippen LogP contribution >= 0.6 is 0 Å². The lowest BCUT2D eigenvalue weighted by atomic mass is 10.3. The Morgan fingerprint density at radius 1 is 1.55 bits per heavy atom. The van der Waals surface area contributed by atoms with Gasteiger partial charge in [-0.1, -0.05) is 0 Å². The second kappa shape index (κ2) is 5.58. The molecule has 110 valence electrons. The minimum atomic E-state index is -0.481. The van der Waals surface area contributed by atoms with E-state index >= 15 is 0 Å². The van der Waals surface area contributed by atoms with Gasteiger partial charge in [0.15, 0.2) is 0 Å². The Morgan fingerprint density at radius 3 is 2.65 bits per heavy atom. The summed E-state index contributed by atoms with van der Waals surface area (Å²) in [6.07, 6.45) is 1.89. The summed E-state index contributed by atoms with van der Waals surface area (Å²) in [5.41, 5.74) is 0.638. The fraction of sp³-hybridized carbons (Fsp3) is 0.667. The third-order valence-electron chi connectivity index (χ3n) is 3.46. The van der Waals surface area contributed by atoms with Crippen molar-refractivity contribution >= 4 is 11.6 Å². The van der Waals surface area contributed by atoms with Crippen molar-refractivity contribution in [3.05, 3.63) is 21.5 Å². The van der Waals surface area contributed by atoms with E-state index in [0.29, 0.717) is 17.9 Å². The molecule has 0 atom stereocenters. The molecule has 8 nitrogen and oxygen atoms in total. The van der Waals surface area contributed by atoms with Crippen LogP contribution in [0.15, 0.2) is 0 Å². The van der Waals surface area contributed by atoms with Gasteiger partial charge in [0.2, 0.25) is 5.91 Å². The average molecular weight is 282 g/mol. The molecule has 0 radical (unpaired) electrons. The Labute approximate surface area is 116 Å². The molecule has 1 amide bonds. The van der Waals surface area contributed by atoms with Gasteiger partial charge in [-0.15, -0.1) is 0 Å². The van der Waals surface area contributed by atoms with E-state index in [1.165, 1.54) is 4.68 Å². The molecule has 0 saturated heterocycles. The van der Waals surface area contributed by atoms with Crippen LogP contribution < -0.4 is 0 Å². The maximum atomic E-state index is 12.2. The molecule has 1 N–H and O–H groups in total. The molecular formula is C12H18N4O4. The number of amides is 1. The Balaban J connectivity index is 2.15. The van der Waals surface area contributed by atoms with Gasteiger partial charge in [0.1, 0.15) is 17.9 Å². The number of hydrogen-bond donors (Lipinski definition) is 1. The van der Waals surface area contributed by atoms with E-state index in [1.807, 2.05) is 0 Å². The summed E-state index contributed by atoms with van der Waals surface area (Å²) in [6.45, 7) is 3.32. The molecule has 0 aliphatic heterocycles. The molecule has 0 spiro atoms. The average Bonchev–Trinajstić information content (AvgIpc) is 3.14. The van der Waals surface area contributed by atoms with Crippen molar-refractivity contribution in [3.8, 4) is 0 Å². The van der Waals surface area contributed by atoms with Gasteiger partial charge in [0.05, 0.1) is 11.5 Å². The van der Waals surface area contributed by atoms with E-state index < -0.39 is 4.92 Å². The zero-order chi connectivity index (χ0) is 14.9. The number of aliphatic hydroxyl groups is 1. The number of nitro groups is 1. The van der Waals surface area contributed by atoms with E-state index in [4.69, 9.17) is 5.11 Å². The lowest BCUT2D eigenvalue weighted by Crippen LogP contribution is -2.38.